The number of pyridine rings is 1. The summed E-state index contributed by atoms with van der Waals surface area (Å²) in [5, 5.41) is 13.8. The molecule has 1 aromatic carbocycles. The van der Waals surface area contributed by atoms with Gasteiger partial charge in [-0.1, -0.05) is 15.9 Å². The van der Waals surface area contributed by atoms with E-state index in [0.29, 0.717) is 16.8 Å². The number of carbonyl (C=O) groups excluding carboxylic acids is 1. The average molecular weight is 334 g/mol. The maximum absolute atomic E-state index is 11.8. The van der Waals surface area contributed by atoms with Gasteiger partial charge < -0.3 is 5.11 Å². The number of hydrogen-bond acceptors (Lipinski definition) is 4. The van der Waals surface area contributed by atoms with Gasteiger partial charge in [0.15, 0.2) is 0 Å². The van der Waals surface area contributed by atoms with E-state index in [2.05, 4.69) is 31.4 Å². The van der Waals surface area contributed by atoms with E-state index in [1.54, 1.807) is 37.3 Å². The molecule has 6 heteroatoms. The number of aromatic hydroxyl groups is 1. The zero-order valence-electron chi connectivity index (χ0n) is 10.7. The molecule has 0 spiro atoms. The quantitative estimate of drug-likeness (QED) is 0.669. The Labute approximate surface area is 124 Å². The molecule has 0 saturated carbocycles. The SMILES string of the molecule is C/C(=N\NC(=O)c1ccncc1)c1cc(Br)ccc1O. The summed E-state index contributed by atoms with van der Waals surface area (Å²) in [6.45, 7) is 1.70. The van der Waals surface area contributed by atoms with E-state index >= 15 is 0 Å². The van der Waals surface area contributed by atoms with Crippen LogP contribution >= 0.6 is 15.9 Å². The molecule has 0 fully saturated rings. The van der Waals surface area contributed by atoms with Crippen molar-refractivity contribution in [2.75, 3.05) is 0 Å². The maximum atomic E-state index is 11.8. The third-order valence-electron chi connectivity index (χ3n) is 2.62. The van der Waals surface area contributed by atoms with Crippen LogP contribution in [-0.2, 0) is 0 Å². The van der Waals surface area contributed by atoms with Gasteiger partial charge in [0.05, 0.1) is 5.71 Å². The minimum atomic E-state index is -0.332. The van der Waals surface area contributed by atoms with Crippen LogP contribution in [0.25, 0.3) is 0 Å². The van der Waals surface area contributed by atoms with Gasteiger partial charge in [-0.15, -0.1) is 0 Å². The van der Waals surface area contributed by atoms with Gasteiger partial charge in [0.2, 0.25) is 0 Å². The molecule has 1 heterocycles. The zero-order chi connectivity index (χ0) is 14.5. The van der Waals surface area contributed by atoms with Crippen molar-refractivity contribution in [1.29, 1.82) is 0 Å². The highest BCUT2D eigenvalue weighted by Gasteiger charge is 2.07. The third-order valence-corrected chi connectivity index (χ3v) is 3.11. The van der Waals surface area contributed by atoms with Crippen LogP contribution in [-0.4, -0.2) is 21.7 Å². The molecule has 0 bridgehead atoms. The lowest BCUT2D eigenvalue weighted by atomic mass is 10.1. The van der Waals surface area contributed by atoms with Gasteiger partial charge in [0.25, 0.3) is 5.91 Å². The highest BCUT2D eigenvalue weighted by Crippen LogP contribution is 2.22. The smallest absolute Gasteiger partial charge is 0.271 e. The molecule has 5 nitrogen and oxygen atoms in total. The van der Waals surface area contributed by atoms with E-state index < -0.39 is 0 Å². The number of halogens is 1. The Morgan fingerprint density at radius 2 is 2.00 bits per heavy atom. The van der Waals surface area contributed by atoms with Crippen molar-refractivity contribution in [2.45, 2.75) is 6.92 Å². The second kappa shape index (κ2) is 6.29. The molecule has 2 rings (SSSR count). The van der Waals surface area contributed by atoms with Gasteiger partial charge in [-0.05, 0) is 37.3 Å². The van der Waals surface area contributed by atoms with Crippen molar-refractivity contribution in [2.24, 2.45) is 5.10 Å². The normalized spacial score (nSPS) is 11.2. The summed E-state index contributed by atoms with van der Waals surface area (Å²) in [5.74, 6) is -0.228. The summed E-state index contributed by atoms with van der Waals surface area (Å²) >= 11 is 3.32. The van der Waals surface area contributed by atoms with Crippen molar-refractivity contribution in [1.82, 2.24) is 10.4 Å². The van der Waals surface area contributed by atoms with Crippen LogP contribution in [0, 0.1) is 0 Å². The van der Waals surface area contributed by atoms with Crippen LogP contribution < -0.4 is 5.43 Å². The Bertz CT molecular complexity index is 657. The Morgan fingerprint density at radius 1 is 1.30 bits per heavy atom. The van der Waals surface area contributed by atoms with Crippen LogP contribution in [0.2, 0.25) is 0 Å². The standard InChI is InChI=1S/C14H12BrN3O2/c1-9(12-8-11(15)2-3-13(12)19)17-18-14(20)10-4-6-16-7-5-10/h2-8,19H,1H3,(H,18,20)/b17-9+. The monoisotopic (exact) mass is 333 g/mol. The third kappa shape index (κ3) is 3.42. The molecule has 0 aliphatic rings. The predicted molar refractivity (Wildman–Crippen MR) is 79.7 cm³/mol. The fraction of sp³-hybridized carbons (Fsp3) is 0.0714. The van der Waals surface area contributed by atoms with E-state index in [0.717, 1.165) is 4.47 Å². The second-order valence-electron chi connectivity index (χ2n) is 4.04. The number of phenolic OH excluding ortho intramolecular Hbond substituents is 1. The Balaban J connectivity index is 2.15. The minimum absolute atomic E-state index is 0.104. The number of aromatic nitrogens is 1. The Hall–Kier alpha value is -2.21. The fourth-order valence-corrected chi connectivity index (χ4v) is 1.92. The Morgan fingerprint density at radius 3 is 2.70 bits per heavy atom. The number of nitrogens with one attached hydrogen (secondary N) is 1. The van der Waals surface area contributed by atoms with E-state index in [1.807, 2.05) is 0 Å². The van der Waals surface area contributed by atoms with E-state index in [4.69, 9.17) is 0 Å². The molecule has 102 valence electrons. The second-order valence-corrected chi connectivity index (χ2v) is 4.95. The summed E-state index contributed by atoms with van der Waals surface area (Å²) in [5.41, 5.74) is 3.96. The number of nitrogens with zero attached hydrogens (tertiary/aromatic N) is 2. The topological polar surface area (TPSA) is 74.6 Å². The largest absolute Gasteiger partial charge is 0.507 e. The lowest BCUT2D eigenvalue weighted by molar-refractivity contribution is 0.0954. The van der Waals surface area contributed by atoms with Crippen molar-refractivity contribution in [3.63, 3.8) is 0 Å². The first-order valence-electron chi connectivity index (χ1n) is 5.81. The van der Waals surface area contributed by atoms with Crippen LogP contribution in [0.5, 0.6) is 5.75 Å². The predicted octanol–water partition coefficient (Wildman–Crippen LogP) is 2.70. The fourth-order valence-electron chi connectivity index (χ4n) is 1.56. The molecular weight excluding hydrogens is 322 g/mol. The molecule has 20 heavy (non-hydrogen) atoms. The van der Waals surface area contributed by atoms with Gasteiger partial charge in [-0.2, -0.15) is 5.10 Å². The number of amides is 1. The first kappa shape index (κ1) is 14.2. The summed E-state index contributed by atoms with van der Waals surface area (Å²) in [7, 11) is 0. The number of hydrazone groups is 1. The van der Waals surface area contributed by atoms with Gasteiger partial charge in [-0.25, -0.2) is 5.43 Å². The molecule has 0 aliphatic carbocycles. The molecule has 0 saturated heterocycles. The van der Waals surface area contributed by atoms with Crippen molar-refractivity contribution >= 4 is 27.5 Å². The number of rotatable bonds is 3. The van der Waals surface area contributed by atoms with Gasteiger partial charge >= 0.3 is 0 Å². The van der Waals surface area contributed by atoms with Crippen molar-refractivity contribution in [3.8, 4) is 5.75 Å². The highest BCUT2D eigenvalue weighted by molar-refractivity contribution is 9.10. The lowest BCUT2D eigenvalue weighted by Crippen LogP contribution is -2.19. The summed E-state index contributed by atoms with van der Waals surface area (Å²) < 4.78 is 0.820. The molecule has 0 radical (unpaired) electrons. The first-order chi connectivity index (χ1) is 9.58. The average Bonchev–Trinajstić information content (AvgIpc) is 2.47. The molecule has 1 aromatic heterocycles. The van der Waals surface area contributed by atoms with Gasteiger partial charge in [0, 0.05) is 28.0 Å². The van der Waals surface area contributed by atoms with E-state index in [1.165, 1.54) is 12.4 Å². The number of phenols is 1. The number of benzene rings is 1. The molecule has 2 aromatic rings. The summed E-state index contributed by atoms with van der Waals surface area (Å²) in [6.07, 6.45) is 3.07. The summed E-state index contributed by atoms with van der Waals surface area (Å²) in [4.78, 5) is 15.7. The molecule has 0 atom stereocenters. The highest BCUT2D eigenvalue weighted by atomic mass is 79.9. The zero-order valence-corrected chi connectivity index (χ0v) is 12.3. The van der Waals surface area contributed by atoms with E-state index in [-0.39, 0.29) is 11.7 Å². The molecular formula is C14H12BrN3O2. The van der Waals surface area contributed by atoms with Crippen LogP contribution in [0.15, 0.2) is 52.3 Å². The van der Waals surface area contributed by atoms with Crippen LogP contribution in [0.3, 0.4) is 0 Å². The molecule has 2 N–H and O–H groups in total. The molecule has 0 aliphatic heterocycles. The molecule has 1 amide bonds. The number of hydrogen-bond donors (Lipinski definition) is 2. The van der Waals surface area contributed by atoms with Crippen molar-refractivity contribution in [3.05, 3.63) is 58.3 Å². The summed E-state index contributed by atoms with van der Waals surface area (Å²) in [6, 6.07) is 8.20. The Kier molecular flexibility index (Phi) is 4.47. The van der Waals surface area contributed by atoms with Gasteiger partial charge in [0.1, 0.15) is 5.75 Å². The van der Waals surface area contributed by atoms with Crippen LogP contribution in [0.1, 0.15) is 22.8 Å². The van der Waals surface area contributed by atoms with E-state index in [9.17, 15) is 9.90 Å². The van der Waals surface area contributed by atoms with Crippen molar-refractivity contribution < 1.29 is 9.90 Å². The van der Waals surface area contributed by atoms with Gasteiger partial charge in [-0.3, -0.25) is 9.78 Å². The lowest BCUT2D eigenvalue weighted by Gasteiger charge is -2.05. The van der Waals surface area contributed by atoms with Crippen LogP contribution in [0.4, 0.5) is 0 Å². The first-order valence-corrected chi connectivity index (χ1v) is 6.61. The maximum Gasteiger partial charge on any atom is 0.271 e. The minimum Gasteiger partial charge on any atom is -0.507 e. The molecule has 0 unspecified atom stereocenters. The number of carbonyl (C=O) groups is 1.